The molecule has 0 aromatic heterocycles. The van der Waals surface area contributed by atoms with Crippen molar-refractivity contribution >= 4 is 6.41 Å². The van der Waals surface area contributed by atoms with E-state index in [1.165, 1.54) is 32.6 Å². The number of hydrogen-bond donors (Lipinski definition) is 1. The Morgan fingerprint density at radius 3 is 3.08 bits per heavy atom. The molecule has 0 spiro atoms. The van der Waals surface area contributed by atoms with Crippen molar-refractivity contribution in [3.63, 3.8) is 0 Å². The molecule has 3 atom stereocenters. The normalized spacial score (nSPS) is 38.3. The fourth-order valence-corrected chi connectivity index (χ4v) is 2.33. The van der Waals surface area contributed by atoms with Gasteiger partial charge in [-0.1, -0.05) is 0 Å². The maximum absolute atomic E-state index is 10.2. The molecule has 0 aliphatic carbocycles. The lowest BCUT2D eigenvalue weighted by molar-refractivity contribution is -0.109. The summed E-state index contributed by atoms with van der Waals surface area (Å²) < 4.78 is 0. The molecule has 1 N–H and O–H groups in total. The van der Waals surface area contributed by atoms with Crippen molar-refractivity contribution in [2.24, 2.45) is 0 Å². The number of amides is 1. The Hall–Kier alpha value is -0.610. The monoisotopic (exact) mass is 183 g/mol. The van der Waals surface area contributed by atoms with Crippen LogP contribution in [-0.2, 0) is 4.79 Å². The third-order valence-electron chi connectivity index (χ3n) is 3.05. The molecule has 3 saturated heterocycles. The first-order valence-electron chi connectivity index (χ1n) is 5.03. The van der Waals surface area contributed by atoms with Crippen molar-refractivity contribution < 1.29 is 4.79 Å². The Balaban J connectivity index is 1.92. The smallest absolute Gasteiger partial charge is 0.207 e. The average Bonchev–Trinajstić information content (AvgIpc) is 2.48. The first-order valence-corrected chi connectivity index (χ1v) is 5.03. The number of nitrogens with one attached hydrogen (secondary N) is 1. The molecule has 3 unspecified atom stereocenters. The van der Waals surface area contributed by atoms with Gasteiger partial charge in [-0.05, 0) is 19.5 Å². The SMILES string of the molecule is O=CNCC1CN2CCCN1CC2. The summed E-state index contributed by atoms with van der Waals surface area (Å²) in [5, 5.41) is 2.78. The summed E-state index contributed by atoms with van der Waals surface area (Å²) in [4.78, 5) is 15.2. The Kier molecular flexibility index (Phi) is 2.80. The quantitative estimate of drug-likeness (QED) is 0.577. The van der Waals surface area contributed by atoms with Crippen LogP contribution in [0.1, 0.15) is 6.42 Å². The van der Waals surface area contributed by atoms with Gasteiger partial charge in [0.15, 0.2) is 0 Å². The minimum absolute atomic E-state index is 0.543. The second kappa shape index (κ2) is 4.07. The van der Waals surface area contributed by atoms with Crippen LogP contribution in [0.2, 0.25) is 0 Å². The lowest BCUT2D eigenvalue weighted by Crippen LogP contribution is -2.53. The van der Waals surface area contributed by atoms with Gasteiger partial charge in [0.2, 0.25) is 6.41 Å². The Morgan fingerprint density at radius 1 is 1.31 bits per heavy atom. The molecule has 74 valence electrons. The number of piperazine rings is 1. The van der Waals surface area contributed by atoms with Crippen LogP contribution in [0, 0.1) is 0 Å². The van der Waals surface area contributed by atoms with Crippen LogP contribution < -0.4 is 5.32 Å². The summed E-state index contributed by atoms with van der Waals surface area (Å²) >= 11 is 0. The van der Waals surface area contributed by atoms with Crippen LogP contribution in [-0.4, -0.2) is 61.5 Å². The van der Waals surface area contributed by atoms with E-state index in [0.717, 1.165) is 19.5 Å². The van der Waals surface area contributed by atoms with Crippen molar-refractivity contribution in [3.05, 3.63) is 0 Å². The van der Waals surface area contributed by atoms with Gasteiger partial charge in [0.05, 0.1) is 0 Å². The molecule has 0 radical (unpaired) electrons. The van der Waals surface area contributed by atoms with Crippen molar-refractivity contribution in [1.82, 2.24) is 15.1 Å². The van der Waals surface area contributed by atoms with Gasteiger partial charge in [-0.2, -0.15) is 0 Å². The Labute approximate surface area is 78.9 Å². The van der Waals surface area contributed by atoms with Gasteiger partial charge in [0, 0.05) is 32.2 Å². The summed E-state index contributed by atoms with van der Waals surface area (Å²) in [5.41, 5.74) is 0. The van der Waals surface area contributed by atoms with Crippen molar-refractivity contribution in [1.29, 1.82) is 0 Å². The number of nitrogens with zero attached hydrogens (tertiary/aromatic N) is 2. The van der Waals surface area contributed by atoms with Crippen molar-refractivity contribution in [3.8, 4) is 0 Å². The summed E-state index contributed by atoms with van der Waals surface area (Å²) in [5.74, 6) is 0. The summed E-state index contributed by atoms with van der Waals surface area (Å²) in [6, 6.07) is 0.543. The van der Waals surface area contributed by atoms with Gasteiger partial charge in [-0.3, -0.25) is 9.69 Å². The number of carbonyl (C=O) groups excluding carboxylic acids is 1. The number of carbonyl (C=O) groups is 1. The number of fused-ring (bicyclic) bond motifs is 4. The van der Waals surface area contributed by atoms with E-state index in [9.17, 15) is 4.79 Å². The predicted octanol–water partition coefficient (Wildman–Crippen LogP) is -0.878. The summed E-state index contributed by atoms with van der Waals surface area (Å²) in [7, 11) is 0. The van der Waals surface area contributed by atoms with Gasteiger partial charge >= 0.3 is 0 Å². The largest absolute Gasteiger partial charge is 0.357 e. The highest BCUT2D eigenvalue weighted by Crippen LogP contribution is 2.14. The minimum Gasteiger partial charge on any atom is -0.357 e. The zero-order chi connectivity index (χ0) is 9.10. The lowest BCUT2D eigenvalue weighted by atomic mass is 10.2. The molecule has 4 heteroatoms. The van der Waals surface area contributed by atoms with Gasteiger partial charge in [0.25, 0.3) is 0 Å². The highest BCUT2D eigenvalue weighted by molar-refractivity contribution is 5.45. The maximum atomic E-state index is 10.2. The van der Waals surface area contributed by atoms with Crippen LogP contribution >= 0.6 is 0 Å². The van der Waals surface area contributed by atoms with E-state index in [1.807, 2.05) is 0 Å². The highest BCUT2D eigenvalue weighted by Gasteiger charge is 2.28. The first kappa shape index (κ1) is 8.97. The van der Waals surface area contributed by atoms with E-state index >= 15 is 0 Å². The van der Waals surface area contributed by atoms with E-state index in [1.54, 1.807) is 0 Å². The van der Waals surface area contributed by atoms with Crippen LogP contribution in [0.25, 0.3) is 0 Å². The molecular weight excluding hydrogens is 166 g/mol. The molecule has 4 nitrogen and oxygen atoms in total. The van der Waals surface area contributed by atoms with Crippen LogP contribution in [0.5, 0.6) is 0 Å². The molecule has 3 aliphatic rings. The molecule has 2 bridgehead atoms. The Bertz CT molecular complexity index is 182. The molecule has 0 saturated carbocycles. The maximum Gasteiger partial charge on any atom is 0.207 e. The molecular formula is C9H17N3O. The van der Waals surface area contributed by atoms with Crippen LogP contribution in [0.3, 0.4) is 0 Å². The summed E-state index contributed by atoms with van der Waals surface area (Å²) in [6.45, 7) is 6.74. The molecule has 3 aliphatic heterocycles. The standard InChI is InChI=1S/C9H17N3O/c13-8-10-6-9-7-11-2-1-3-12(9)5-4-11/h8-9H,1-7H2,(H,10,13). The molecule has 0 aromatic rings. The van der Waals surface area contributed by atoms with E-state index in [4.69, 9.17) is 0 Å². The van der Waals surface area contributed by atoms with Gasteiger partial charge in [-0.25, -0.2) is 0 Å². The second-order valence-corrected chi connectivity index (χ2v) is 3.87. The number of rotatable bonds is 3. The summed E-state index contributed by atoms with van der Waals surface area (Å²) in [6.07, 6.45) is 2.08. The molecule has 3 rings (SSSR count). The fraction of sp³-hybridized carbons (Fsp3) is 0.889. The third kappa shape index (κ3) is 2.00. The van der Waals surface area contributed by atoms with E-state index in [-0.39, 0.29) is 0 Å². The molecule has 1 amide bonds. The van der Waals surface area contributed by atoms with Gasteiger partial charge in [-0.15, -0.1) is 0 Å². The minimum atomic E-state index is 0.543. The van der Waals surface area contributed by atoms with Crippen molar-refractivity contribution in [2.45, 2.75) is 12.5 Å². The molecule has 0 aromatic carbocycles. The highest BCUT2D eigenvalue weighted by atomic mass is 16.1. The van der Waals surface area contributed by atoms with Crippen LogP contribution in [0.15, 0.2) is 0 Å². The predicted molar refractivity (Wildman–Crippen MR) is 50.5 cm³/mol. The van der Waals surface area contributed by atoms with E-state index in [0.29, 0.717) is 6.04 Å². The first-order chi connectivity index (χ1) is 6.40. The zero-order valence-electron chi connectivity index (χ0n) is 7.91. The molecule has 3 fully saturated rings. The van der Waals surface area contributed by atoms with Gasteiger partial charge in [0.1, 0.15) is 0 Å². The lowest BCUT2D eigenvalue weighted by Gasteiger charge is -2.37. The second-order valence-electron chi connectivity index (χ2n) is 3.87. The average molecular weight is 183 g/mol. The van der Waals surface area contributed by atoms with E-state index < -0.39 is 0 Å². The third-order valence-corrected chi connectivity index (χ3v) is 3.05. The number of hydrogen-bond acceptors (Lipinski definition) is 3. The molecule has 3 heterocycles. The van der Waals surface area contributed by atoms with Gasteiger partial charge < -0.3 is 10.2 Å². The Morgan fingerprint density at radius 2 is 2.23 bits per heavy atom. The van der Waals surface area contributed by atoms with Crippen LogP contribution in [0.4, 0.5) is 0 Å². The zero-order valence-corrected chi connectivity index (χ0v) is 7.91. The van der Waals surface area contributed by atoms with E-state index in [2.05, 4.69) is 15.1 Å². The van der Waals surface area contributed by atoms with Crippen molar-refractivity contribution in [2.75, 3.05) is 39.3 Å². The fourth-order valence-electron chi connectivity index (χ4n) is 2.33. The topological polar surface area (TPSA) is 35.6 Å². The molecule has 13 heavy (non-hydrogen) atoms.